The molecule has 0 saturated carbocycles. The SMILES string of the molecule is COC(C(N)=O)S(=O)Cc1ccccc1. The average molecular weight is 227 g/mol. The first-order valence-corrected chi connectivity index (χ1v) is 5.76. The monoisotopic (exact) mass is 227 g/mol. The number of hydrogen-bond acceptors (Lipinski definition) is 3. The average Bonchev–Trinajstić information content (AvgIpc) is 2.19. The Bertz CT molecular complexity index is 353. The lowest BCUT2D eigenvalue weighted by molar-refractivity contribution is -0.123. The highest BCUT2D eigenvalue weighted by atomic mass is 32.2. The third kappa shape index (κ3) is 3.45. The van der Waals surface area contributed by atoms with E-state index in [2.05, 4.69) is 0 Å². The van der Waals surface area contributed by atoms with Gasteiger partial charge in [0, 0.05) is 7.11 Å². The Morgan fingerprint density at radius 3 is 2.53 bits per heavy atom. The zero-order valence-corrected chi connectivity index (χ0v) is 9.20. The Morgan fingerprint density at radius 1 is 1.47 bits per heavy atom. The maximum Gasteiger partial charge on any atom is 0.259 e. The fourth-order valence-corrected chi connectivity index (χ4v) is 2.31. The van der Waals surface area contributed by atoms with E-state index in [1.165, 1.54) is 7.11 Å². The molecule has 0 aliphatic rings. The van der Waals surface area contributed by atoms with Gasteiger partial charge in [0.1, 0.15) is 0 Å². The van der Waals surface area contributed by atoms with E-state index < -0.39 is 22.1 Å². The molecule has 2 atom stereocenters. The maximum atomic E-state index is 11.7. The Morgan fingerprint density at radius 2 is 2.07 bits per heavy atom. The predicted molar refractivity (Wildman–Crippen MR) is 58.3 cm³/mol. The molecule has 0 aliphatic carbocycles. The van der Waals surface area contributed by atoms with Crippen LogP contribution < -0.4 is 5.73 Å². The molecule has 1 rings (SSSR count). The van der Waals surface area contributed by atoms with Crippen LogP contribution in [-0.4, -0.2) is 22.7 Å². The van der Waals surface area contributed by atoms with E-state index in [4.69, 9.17) is 10.5 Å². The van der Waals surface area contributed by atoms with Crippen molar-refractivity contribution in [2.24, 2.45) is 5.73 Å². The van der Waals surface area contributed by atoms with Crippen LogP contribution in [0.1, 0.15) is 5.56 Å². The van der Waals surface area contributed by atoms with E-state index >= 15 is 0 Å². The summed E-state index contributed by atoms with van der Waals surface area (Å²) in [5, 5.41) is 0. The van der Waals surface area contributed by atoms with Gasteiger partial charge in [0.15, 0.2) is 0 Å². The molecule has 0 fully saturated rings. The molecule has 82 valence electrons. The van der Waals surface area contributed by atoms with Gasteiger partial charge in [0.2, 0.25) is 5.44 Å². The molecule has 0 aromatic heterocycles. The highest BCUT2D eigenvalue weighted by molar-refractivity contribution is 7.85. The van der Waals surface area contributed by atoms with Crippen LogP contribution in [0.4, 0.5) is 0 Å². The van der Waals surface area contributed by atoms with Crippen LogP contribution in [0.5, 0.6) is 0 Å². The Kier molecular flexibility index (Phi) is 4.45. The zero-order valence-electron chi connectivity index (χ0n) is 8.38. The van der Waals surface area contributed by atoms with E-state index in [-0.39, 0.29) is 5.75 Å². The third-order valence-corrected chi connectivity index (χ3v) is 3.36. The Hall–Kier alpha value is -1.20. The van der Waals surface area contributed by atoms with E-state index in [0.717, 1.165) is 5.56 Å². The first-order chi connectivity index (χ1) is 7.15. The number of benzene rings is 1. The second kappa shape index (κ2) is 5.63. The van der Waals surface area contributed by atoms with E-state index in [1.54, 1.807) is 0 Å². The second-order valence-corrected chi connectivity index (χ2v) is 4.46. The van der Waals surface area contributed by atoms with Crippen molar-refractivity contribution in [2.75, 3.05) is 7.11 Å². The summed E-state index contributed by atoms with van der Waals surface area (Å²) in [5.41, 5.74) is 4.90. The number of ether oxygens (including phenoxy) is 1. The number of rotatable bonds is 5. The molecule has 1 amide bonds. The molecule has 0 heterocycles. The van der Waals surface area contributed by atoms with Gasteiger partial charge in [-0.1, -0.05) is 30.3 Å². The van der Waals surface area contributed by atoms with Gasteiger partial charge in [-0.2, -0.15) is 0 Å². The fraction of sp³-hybridized carbons (Fsp3) is 0.300. The van der Waals surface area contributed by atoms with Gasteiger partial charge in [-0.3, -0.25) is 9.00 Å². The summed E-state index contributed by atoms with van der Waals surface area (Å²) in [7, 11) is -0.118. The number of carbonyl (C=O) groups is 1. The highest BCUT2D eigenvalue weighted by Gasteiger charge is 2.21. The second-order valence-electron chi connectivity index (χ2n) is 2.98. The van der Waals surface area contributed by atoms with Gasteiger partial charge in [-0.25, -0.2) is 0 Å². The summed E-state index contributed by atoms with van der Waals surface area (Å²) < 4.78 is 16.4. The van der Waals surface area contributed by atoms with Gasteiger partial charge in [0.25, 0.3) is 5.91 Å². The minimum Gasteiger partial charge on any atom is -0.367 e. The molecule has 0 aliphatic heterocycles. The lowest BCUT2D eigenvalue weighted by Gasteiger charge is -2.10. The highest BCUT2D eigenvalue weighted by Crippen LogP contribution is 2.07. The number of methoxy groups -OCH3 is 1. The molecule has 15 heavy (non-hydrogen) atoms. The van der Waals surface area contributed by atoms with Crippen molar-refractivity contribution >= 4 is 16.7 Å². The van der Waals surface area contributed by atoms with E-state index in [0.29, 0.717) is 0 Å². The van der Waals surface area contributed by atoms with Gasteiger partial charge < -0.3 is 10.5 Å². The van der Waals surface area contributed by atoms with E-state index in [1.807, 2.05) is 30.3 Å². The van der Waals surface area contributed by atoms with E-state index in [9.17, 15) is 9.00 Å². The van der Waals surface area contributed by atoms with Crippen molar-refractivity contribution in [1.29, 1.82) is 0 Å². The van der Waals surface area contributed by atoms with Crippen molar-refractivity contribution < 1.29 is 13.7 Å². The number of carbonyl (C=O) groups excluding carboxylic acids is 1. The summed E-state index contributed by atoms with van der Waals surface area (Å²) >= 11 is 0. The molecule has 0 radical (unpaired) electrons. The van der Waals surface area contributed by atoms with Crippen LogP contribution in [0.2, 0.25) is 0 Å². The number of nitrogens with two attached hydrogens (primary N) is 1. The largest absolute Gasteiger partial charge is 0.367 e. The van der Waals surface area contributed by atoms with Crippen molar-refractivity contribution in [3.63, 3.8) is 0 Å². The van der Waals surface area contributed by atoms with Crippen LogP contribution in [0.3, 0.4) is 0 Å². The van der Waals surface area contributed by atoms with Crippen LogP contribution in [0, 0.1) is 0 Å². The maximum absolute atomic E-state index is 11.7. The molecule has 0 saturated heterocycles. The third-order valence-electron chi connectivity index (χ3n) is 1.84. The minimum atomic E-state index is -1.44. The molecular weight excluding hydrogens is 214 g/mol. The Labute approximate surface area is 90.9 Å². The van der Waals surface area contributed by atoms with Crippen LogP contribution in [-0.2, 0) is 26.1 Å². The smallest absolute Gasteiger partial charge is 0.259 e. The standard InChI is InChI=1S/C10H13NO3S/c1-14-10(9(11)12)15(13)7-8-5-3-2-4-6-8/h2-6,10H,7H2,1H3,(H2,11,12). The molecule has 1 aromatic carbocycles. The first-order valence-electron chi connectivity index (χ1n) is 4.38. The molecular formula is C10H13NO3S. The molecule has 5 heteroatoms. The summed E-state index contributed by atoms with van der Waals surface area (Å²) in [6.07, 6.45) is 0. The topological polar surface area (TPSA) is 69.4 Å². The molecule has 2 N–H and O–H groups in total. The normalized spacial score (nSPS) is 14.5. The summed E-state index contributed by atoms with van der Waals surface area (Å²) in [4.78, 5) is 10.9. The van der Waals surface area contributed by atoms with Gasteiger partial charge in [-0.15, -0.1) is 0 Å². The number of amides is 1. The summed E-state index contributed by atoms with van der Waals surface area (Å²) in [6, 6.07) is 9.24. The lowest BCUT2D eigenvalue weighted by atomic mass is 10.2. The number of primary amides is 1. The summed E-state index contributed by atoms with van der Waals surface area (Å²) in [6.45, 7) is 0. The molecule has 2 unspecified atom stereocenters. The quantitative estimate of drug-likeness (QED) is 0.791. The summed E-state index contributed by atoms with van der Waals surface area (Å²) in [5.74, 6) is -0.436. The van der Waals surface area contributed by atoms with Crippen molar-refractivity contribution in [1.82, 2.24) is 0 Å². The van der Waals surface area contributed by atoms with Gasteiger partial charge in [-0.05, 0) is 5.56 Å². The van der Waals surface area contributed by atoms with Crippen LogP contribution in [0.15, 0.2) is 30.3 Å². The first kappa shape index (κ1) is 11.9. The van der Waals surface area contributed by atoms with Crippen molar-refractivity contribution in [2.45, 2.75) is 11.2 Å². The predicted octanol–water partition coefficient (Wildman–Crippen LogP) is 0.393. The number of hydrogen-bond donors (Lipinski definition) is 1. The van der Waals surface area contributed by atoms with Crippen LogP contribution in [0.25, 0.3) is 0 Å². The molecule has 0 spiro atoms. The van der Waals surface area contributed by atoms with Crippen molar-refractivity contribution in [3.05, 3.63) is 35.9 Å². The van der Waals surface area contributed by atoms with Gasteiger partial charge in [0.05, 0.1) is 16.6 Å². The Balaban J connectivity index is 2.66. The van der Waals surface area contributed by atoms with Crippen molar-refractivity contribution in [3.8, 4) is 0 Å². The molecule has 0 bridgehead atoms. The minimum absolute atomic E-state index is 0.266. The fourth-order valence-electron chi connectivity index (χ4n) is 1.17. The molecule has 1 aromatic rings. The van der Waals surface area contributed by atoms with Crippen LogP contribution >= 0.6 is 0 Å². The van der Waals surface area contributed by atoms with Gasteiger partial charge >= 0.3 is 0 Å². The zero-order chi connectivity index (χ0) is 11.3. The lowest BCUT2D eigenvalue weighted by Crippen LogP contribution is -2.34. The molecule has 4 nitrogen and oxygen atoms in total.